The first-order chi connectivity index (χ1) is 14.8. The summed E-state index contributed by atoms with van der Waals surface area (Å²) in [6.07, 6.45) is -4.58. The second kappa shape index (κ2) is 9.69. The minimum absolute atomic E-state index is 0.0285. The summed E-state index contributed by atoms with van der Waals surface area (Å²) in [4.78, 5) is 25.3. The van der Waals surface area contributed by atoms with E-state index in [-0.39, 0.29) is 24.7 Å². The lowest BCUT2D eigenvalue weighted by molar-refractivity contribution is -0.881. The van der Waals surface area contributed by atoms with Gasteiger partial charge in [-0.15, -0.1) is 0 Å². The number of para-hydroxylation sites is 1. The van der Waals surface area contributed by atoms with Crippen LogP contribution in [0.15, 0.2) is 42.5 Å². The van der Waals surface area contributed by atoms with Gasteiger partial charge in [0.05, 0.1) is 17.8 Å². The monoisotopic (exact) mass is 438 g/mol. The van der Waals surface area contributed by atoms with Gasteiger partial charge in [-0.25, -0.2) is 0 Å². The van der Waals surface area contributed by atoms with E-state index < -0.39 is 17.6 Å². The standard InChI is InChI=1S/C21H22F3N3O4/c1-2-27(13-20(29)26-16-6-4-3-5-15(16)21(22,23)24)12-19(28)25-14-7-8-17-18(11-14)31-10-9-30-17/h3-8,11H,2,9-10,12-13H2,1H3,(H,25,28)(H,26,29)/p+1. The number of anilines is 2. The molecule has 3 N–H and O–H groups in total. The van der Waals surface area contributed by atoms with E-state index in [0.29, 0.717) is 41.8 Å². The number of alkyl halides is 3. The second-order valence-corrected chi connectivity index (χ2v) is 6.96. The molecule has 2 amide bonds. The summed E-state index contributed by atoms with van der Waals surface area (Å²) < 4.78 is 50.2. The van der Waals surface area contributed by atoms with Crippen molar-refractivity contribution in [3.8, 4) is 11.5 Å². The fraction of sp³-hybridized carbons (Fsp3) is 0.333. The molecule has 0 aliphatic carbocycles. The maximum absolute atomic E-state index is 13.1. The predicted octanol–water partition coefficient (Wildman–Crippen LogP) is 1.96. The van der Waals surface area contributed by atoms with E-state index in [0.717, 1.165) is 6.07 Å². The summed E-state index contributed by atoms with van der Waals surface area (Å²) in [6, 6.07) is 9.79. The summed E-state index contributed by atoms with van der Waals surface area (Å²) in [5.41, 5.74) is -0.706. The summed E-state index contributed by atoms with van der Waals surface area (Å²) in [6.45, 7) is 2.91. The molecule has 0 spiro atoms. The zero-order chi connectivity index (χ0) is 22.4. The predicted molar refractivity (Wildman–Crippen MR) is 107 cm³/mol. The van der Waals surface area contributed by atoms with Crippen LogP contribution in [0.25, 0.3) is 0 Å². The maximum atomic E-state index is 13.1. The molecule has 0 bridgehead atoms. The van der Waals surface area contributed by atoms with Crippen LogP contribution in [0.4, 0.5) is 24.5 Å². The van der Waals surface area contributed by atoms with Crippen molar-refractivity contribution >= 4 is 23.2 Å². The van der Waals surface area contributed by atoms with Crippen molar-refractivity contribution in [1.82, 2.24) is 0 Å². The molecule has 1 aliphatic rings. The van der Waals surface area contributed by atoms with Crippen LogP contribution in [0.2, 0.25) is 0 Å². The van der Waals surface area contributed by atoms with Gasteiger partial charge < -0.3 is 25.0 Å². The van der Waals surface area contributed by atoms with Crippen LogP contribution in [0.3, 0.4) is 0 Å². The van der Waals surface area contributed by atoms with Gasteiger partial charge in [0.1, 0.15) is 13.2 Å². The van der Waals surface area contributed by atoms with Crippen LogP contribution in [0, 0.1) is 0 Å². The maximum Gasteiger partial charge on any atom is 0.418 e. The highest BCUT2D eigenvalue weighted by Crippen LogP contribution is 2.34. The van der Waals surface area contributed by atoms with Gasteiger partial charge in [-0.2, -0.15) is 13.2 Å². The third-order valence-corrected chi connectivity index (χ3v) is 4.65. The molecular weight excluding hydrogens is 415 g/mol. The zero-order valence-electron chi connectivity index (χ0n) is 16.8. The number of hydrogen-bond acceptors (Lipinski definition) is 4. The van der Waals surface area contributed by atoms with Crippen LogP contribution >= 0.6 is 0 Å². The summed E-state index contributed by atoms with van der Waals surface area (Å²) in [7, 11) is 0. The number of halogens is 3. The molecule has 2 aromatic rings. The Morgan fingerprint density at radius 1 is 0.968 bits per heavy atom. The van der Waals surface area contributed by atoms with Gasteiger partial charge in [-0.1, -0.05) is 12.1 Å². The Balaban J connectivity index is 1.56. The van der Waals surface area contributed by atoms with E-state index in [9.17, 15) is 22.8 Å². The van der Waals surface area contributed by atoms with Gasteiger partial charge in [0.2, 0.25) is 0 Å². The average molecular weight is 438 g/mol. The number of rotatable bonds is 7. The third-order valence-electron chi connectivity index (χ3n) is 4.65. The van der Waals surface area contributed by atoms with E-state index in [4.69, 9.17) is 9.47 Å². The van der Waals surface area contributed by atoms with Gasteiger partial charge in [0.15, 0.2) is 24.6 Å². The minimum atomic E-state index is -4.58. The molecule has 0 aromatic heterocycles. The van der Waals surface area contributed by atoms with Crippen LogP contribution in [-0.2, 0) is 15.8 Å². The van der Waals surface area contributed by atoms with Crippen LogP contribution in [0.1, 0.15) is 12.5 Å². The van der Waals surface area contributed by atoms with Crippen molar-refractivity contribution in [1.29, 1.82) is 0 Å². The SMILES string of the molecule is CC[NH+](CC(=O)Nc1ccc2c(c1)OCCO2)CC(=O)Nc1ccccc1C(F)(F)F. The Morgan fingerprint density at radius 3 is 2.29 bits per heavy atom. The molecule has 1 atom stereocenters. The Kier molecular flexibility index (Phi) is 7.01. The number of benzene rings is 2. The number of carbonyl (C=O) groups excluding carboxylic acids is 2. The first kappa shape index (κ1) is 22.4. The molecule has 0 saturated carbocycles. The van der Waals surface area contributed by atoms with Gasteiger partial charge in [0, 0.05) is 11.8 Å². The summed E-state index contributed by atoms with van der Waals surface area (Å²) in [5, 5.41) is 5.03. The highest BCUT2D eigenvalue weighted by atomic mass is 19.4. The Labute approximate surface area is 177 Å². The van der Waals surface area contributed by atoms with Crippen molar-refractivity contribution in [3.05, 3.63) is 48.0 Å². The van der Waals surface area contributed by atoms with Gasteiger partial charge in [0.25, 0.3) is 11.8 Å². The van der Waals surface area contributed by atoms with E-state index >= 15 is 0 Å². The smallest absolute Gasteiger partial charge is 0.418 e. The normalized spacial score (nSPS) is 13.9. The molecule has 3 rings (SSSR count). The highest BCUT2D eigenvalue weighted by Gasteiger charge is 2.33. The molecule has 1 unspecified atom stereocenters. The lowest BCUT2D eigenvalue weighted by atomic mass is 10.1. The molecule has 166 valence electrons. The first-order valence-electron chi connectivity index (χ1n) is 9.75. The highest BCUT2D eigenvalue weighted by molar-refractivity contribution is 5.93. The lowest BCUT2D eigenvalue weighted by Crippen LogP contribution is -3.13. The molecular formula is C21H23F3N3O4+. The number of quaternary nitrogens is 1. The van der Waals surface area contributed by atoms with E-state index in [2.05, 4.69) is 10.6 Å². The first-order valence-corrected chi connectivity index (χ1v) is 9.75. The number of likely N-dealkylation sites (N-methyl/N-ethyl adjacent to an activating group) is 1. The number of ether oxygens (including phenoxy) is 2. The molecule has 7 nitrogen and oxygen atoms in total. The fourth-order valence-electron chi connectivity index (χ4n) is 3.13. The third kappa shape index (κ3) is 6.11. The van der Waals surface area contributed by atoms with Gasteiger partial charge in [-0.05, 0) is 31.2 Å². The molecule has 1 heterocycles. The molecule has 1 aliphatic heterocycles. The van der Waals surface area contributed by atoms with Crippen molar-refractivity contribution in [2.75, 3.05) is 43.5 Å². The fourth-order valence-corrected chi connectivity index (χ4v) is 3.13. The molecule has 0 saturated heterocycles. The largest absolute Gasteiger partial charge is 0.486 e. The lowest BCUT2D eigenvalue weighted by Gasteiger charge is -2.20. The second-order valence-electron chi connectivity index (χ2n) is 6.96. The number of hydrogen-bond donors (Lipinski definition) is 3. The van der Waals surface area contributed by atoms with Crippen molar-refractivity contribution in [2.24, 2.45) is 0 Å². The Hall–Kier alpha value is -3.27. The number of nitrogens with one attached hydrogen (secondary N) is 3. The molecule has 2 aromatic carbocycles. The quantitative estimate of drug-likeness (QED) is 0.618. The van der Waals surface area contributed by atoms with Crippen LogP contribution < -0.4 is 25.0 Å². The molecule has 0 radical (unpaired) electrons. The number of fused-ring (bicyclic) bond motifs is 1. The number of amides is 2. The topological polar surface area (TPSA) is 81.1 Å². The molecule has 0 fully saturated rings. The average Bonchev–Trinajstić information content (AvgIpc) is 2.72. The molecule has 10 heteroatoms. The van der Waals surface area contributed by atoms with E-state index in [1.807, 2.05) is 0 Å². The van der Waals surface area contributed by atoms with Crippen molar-refractivity contribution in [3.63, 3.8) is 0 Å². The van der Waals surface area contributed by atoms with Gasteiger partial charge in [-0.3, -0.25) is 9.59 Å². The zero-order valence-corrected chi connectivity index (χ0v) is 16.8. The van der Waals surface area contributed by atoms with E-state index in [1.54, 1.807) is 25.1 Å². The van der Waals surface area contributed by atoms with Crippen LogP contribution in [-0.4, -0.2) is 44.7 Å². The Morgan fingerprint density at radius 2 is 1.61 bits per heavy atom. The van der Waals surface area contributed by atoms with E-state index in [1.165, 1.54) is 18.2 Å². The molecule has 31 heavy (non-hydrogen) atoms. The van der Waals surface area contributed by atoms with Crippen LogP contribution in [0.5, 0.6) is 11.5 Å². The number of carbonyl (C=O) groups is 2. The Bertz CT molecular complexity index is 950. The van der Waals surface area contributed by atoms with Gasteiger partial charge >= 0.3 is 6.18 Å². The van der Waals surface area contributed by atoms with Crippen molar-refractivity contribution < 1.29 is 37.1 Å². The summed E-state index contributed by atoms with van der Waals surface area (Å²) in [5.74, 6) is 0.185. The summed E-state index contributed by atoms with van der Waals surface area (Å²) >= 11 is 0. The van der Waals surface area contributed by atoms with Crippen molar-refractivity contribution in [2.45, 2.75) is 13.1 Å². The minimum Gasteiger partial charge on any atom is -0.486 e.